The molecule has 0 aliphatic rings. The van der Waals surface area contributed by atoms with Crippen LogP contribution in [0.1, 0.15) is 6.92 Å². The molecule has 1 aromatic heterocycles. The van der Waals surface area contributed by atoms with Crippen molar-refractivity contribution >= 4 is 29.0 Å². The number of rotatable bonds is 10. The molecule has 160 valence electrons. The Balaban J connectivity index is 1.70. The van der Waals surface area contributed by atoms with E-state index in [-0.39, 0.29) is 17.3 Å². The van der Waals surface area contributed by atoms with Crippen molar-refractivity contribution in [3.63, 3.8) is 0 Å². The van der Waals surface area contributed by atoms with E-state index in [4.69, 9.17) is 4.74 Å². The first kappa shape index (κ1) is 22.0. The van der Waals surface area contributed by atoms with Crippen molar-refractivity contribution < 1.29 is 14.5 Å². The molecule has 0 unspecified atom stereocenters. The van der Waals surface area contributed by atoms with Crippen molar-refractivity contribution in [1.29, 1.82) is 0 Å². The van der Waals surface area contributed by atoms with E-state index in [2.05, 4.69) is 22.1 Å². The average Bonchev–Trinajstić information content (AvgIpc) is 3.16. The zero-order valence-electron chi connectivity index (χ0n) is 16.9. The lowest BCUT2D eigenvalue weighted by Crippen LogP contribution is -2.14. The third-order valence-electron chi connectivity index (χ3n) is 4.13. The van der Waals surface area contributed by atoms with Gasteiger partial charge in [0, 0.05) is 29.9 Å². The predicted molar refractivity (Wildman–Crippen MR) is 119 cm³/mol. The second-order valence-electron chi connectivity index (χ2n) is 6.31. The maximum absolute atomic E-state index is 12.3. The Hall–Kier alpha value is -3.66. The van der Waals surface area contributed by atoms with Crippen LogP contribution in [0, 0.1) is 10.1 Å². The Kier molecular flexibility index (Phi) is 7.39. The van der Waals surface area contributed by atoms with E-state index in [1.165, 1.54) is 30.0 Å². The third kappa shape index (κ3) is 5.70. The van der Waals surface area contributed by atoms with Crippen LogP contribution in [-0.4, -0.2) is 38.0 Å². The fourth-order valence-electron chi connectivity index (χ4n) is 2.79. The van der Waals surface area contributed by atoms with Crippen LogP contribution in [0.15, 0.2) is 66.3 Å². The summed E-state index contributed by atoms with van der Waals surface area (Å²) in [6, 6.07) is 13.3. The summed E-state index contributed by atoms with van der Waals surface area (Å²) in [7, 11) is 0. The van der Waals surface area contributed by atoms with Crippen molar-refractivity contribution in [1.82, 2.24) is 14.8 Å². The number of nitrogens with one attached hydrogen (secondary N) is 1. The summed E-state index contributed by atoms with van der Waals surface area (Å²) in [6.07, 6.45) is 1.73. The van der Waals surface area contributed by atoms with E-state index in [9.17, 15) is 14.9 Å². The molecular weight excluding hydrogens is 418 g/mol. The van der Waals surface area contributed by atoms with Crippen molar-refractivity contribution in [2.75, 3.05) is 17.7 Å². The zero-order valence-corrected chi connectivity index (χ0v) is 17.7. The summed E-state index contributed by atoms with van der Waals surface area (Å²) in [4.78, 5) is 22.7. The minimum Gasteiger partial charge on any atom is -0.494 e. The molecule has 0 bridgehead atoms. The maximum atomic E-state index is 12.3. The number of hydrogen-bond donors (Lipinski definition) is 1. The van der Waals surface area contributed by atoms with E-state index in [0.717, 1.165) is 11.3 Å². The van der Waals surface area contributed by atoms with Gasteiger partial charge in [0.05, 0.1) is 17.3 Å². The van der Waals surface area contributed by atoms with Crippen LogP contribution in [0.25, 0.3) is 11.4 Å². The number of allylic oxidation sites excluding steroid dienone is 1. The second kappa shape index (κ2) is 10.4. The number of anilines is 1. The number of benzene rings is 2. The Bertz CT molecular complexity index is 1080. The van der Waals surface area contributed by atoms with Crippen LogP contribution in [-0.2, 0) is 11.3 Å². The molecule has 0 aliphatic heterocycles. The van der Waals surface area contributed by atoms with Crippen molar-refractivity contribution in [3.8, 4) is 17.1 Å². The first-order valence-electron chi connectivity index (χ1n) is 9.46. The molecule has 0 aliphatic carbocycles. The molecule has 1 heterocycles. The van der Waals surface area contributed by atoms with E-state index < -0.39 is 4.92 Å². The van der Waals surface area contributed by atoms with Crippen molar-refractivity contribution in [3.05, 3.63) is 71.3 Å². The highest BCUT2D eigenvalue weighted by atomic mass is 32.2. The molecule has 31 heavy (non-hydrogen) atoms. The van der Waals surface area contributed by atoms with E-state index in [1.54, 1.807) is 12.1 Å². The van der Waals surface area contributed by atoms with Gasteiger partial charge in [-0.05, 0) is 37.3 Å². The normalized spacial score (nSPS) is 10.5. The number of carbonyl (C=O) groups is 1. The molecule has 1 N–H and O–H groups in total. The van der Waals surface area contributed by atoms with E-state index in [0.29, 0.717) is 29.8 Å². The van der Waals surface area contributed by atoms with Gasteiger partial charge in [-0.1, -0.05) is 23.9 Å². The Labute approximate surface area is 183 Å². The van der Waals surface area contributed by atoms with E-state index >= 15 is 0 Å². The Morgan fingerprint density at radius 1 is 1.29 bits per heavy atom. The number of aromatic nitrogens is 3. The predicted octanol–water partition coefficient (Wildman–Crippen LogP) is 4.17. The molecule has 1 amide bonds. The number of hydrogen-bond acceptors (Lipinski definition) is 7. The number of amides is 1. The molecule has 0 atom stereocenters. The lowest BCUT2D eigenvalue weighted by Gasteiger charge is -2.09. The third-order valence-corrected chi connectivity index (χ3v) is 5.09. The lowest BCUT2D eigenvalue weighted by molar-refractivity contribution is -0.384. The van der Waals surface area contributed by atoms with E-state index in [1.807, 2.05) is 35.8 Å². The number of ether oxygens (including phenoxy) is 1. The Morgan fingerprint density at radius 2 is 2.06 bits per heavy atom. The molecule has 0 spiro atoms. The molecule has 3 aromatic rings. The standard InChI is InChI=1S/C21H21N5O4S/c1-3-12-25-20(15-8-10-18(11-9-15)30-4-2)23-24-21(25)31-14-19(27)22-16-6-5-7-17(13-16)26(28)29/h3,5-11,13H,1,4,12,14H2,2H3,(H,22,27). The summed E-state index contributed by atoms with van der Waals surface area (Å²) in [6.45, 7) is 6.77. The van der Waals surface area contributed by atoms with Gasteiger partial charge < -0.3 is 10.1 Å². The largest absolute Gasteiger partial charge is 0.494 e. The molecule has 0 saturated carbocycles. The average molecular weight is 439 g/mol. The summed E-state index contributed by atoms with van der Waals surface area (Å²) in [5, 5.41) is 22.6. The molecule has 9 nitrogen and oxygen atoms in total. The van der Waals surface area contributed by atoms with Gasteiger partial charge in [0.25, 0.3) is 5.69 Å². The summed E-state index contributed by atoms with van der Waals surface area (Å²) in [5.41, 5.74) is 1.14. The van der Waals surface area contributed by atoms with Crippen LogP contribution < -0.4 is 10.1 Å². The number of nitro benzene ring substituents is 1. The molecule has 3 rings (SSSR count). The molecule has 0 saturated heterocycles. The number of carbonyl (C=O) groups excluding carboxylic acids is 1. The minimum atomic E-state index is -0.509. The highest BCUT2D eigenvalue weighted by Crippen LogP contribution is 2.26. The first-order valence-corrected chi connectivity index (χ1v) is 10.4. The quantitative estimate of drug-likeness (QED) is 0.218. The smallest absolute Gasteiger partial charge is 0.271 e. The number of thioether (sulfide) groups is 1. The van der Waals surface area contributed by atoms with Crippen LogP contribution in [0.5, 0.6) is 5.75 Å². The minimum absolute atomic E-state index is 0.0707. The highest BCUT2D eigenvalue weighted by Gasteiger charge is 2.16. The lowest BCUT2D eigenvalue weighted by atomic mass is 10.2. The molecule has 10 heteroatoms. The van der Waals surface area contributed by atoms with Gasteiger partial charge in [-0.3, -0.25) is 19.5 Å². The van der Waals surface area contributed by atoms with Crippen LogP contribution in [0.4, 0.5) is 11.4 Å². The summed E-state index contributed by atoms with van der Waals surface area (Å²) in [5.74, 6) is 1.19. The zero-order chi connectivity index (χ0) is 22.2. The topological polar surface area (TPSA) is 112 Å². The van der Waals surface area contributed by atoms with Gasteiger partial charge in [0.1, 0.15) is 5.75 Å². The number of nitro groups is 1. The molecule has 0 fully saturated rings. The van der Waals surface area contributed by atoms with Gasteiger partial charge in [0.2, 0.25) is 5.91 Å². The fourth-order valence-corrected chi connectivity index (χ4v) is 3.54. The van der Waals surface area contributed by atoms with Crippen LogP contribution >= 0.6 is 11.8 Å². The first-order chi connectivity index (χ1) is 15.0. The fraction of sp³-hybridized carbons (Fsp3) is 0.190. The van der Waals surface area contributed by atoms with Crippen molar-refractivity contribution in [2.45, 2.75) is 18.6 Å². The Morgan fingerprint density at radius 3 is 2.74 bits per heavy atom. The SMILES string of the molecule is C=CCn1c(SCC(=O)Nc2cccc([N+](=O)[O-])c2)nnc1-c1ccc(OCC)cc1. The van der Waals surface area contributed by atoms with Gasteiger partial charge in [0.15, 0.2) is 11.0 Å². The van der Waals surface area contributed by atoms with Gasteiger partial charge in [-0.15, -0.1) is 16.8 Å². The van der Waals surface area contributed by atoms with Crippen molar-refractivity contribution in [2.24, 2.45) is 0 Å². The number of non-ortho nitro benzene ring substituents is 1. The van der Waals surface area contributed by atoms with Gasteiger partial charge >= 0.3 is 0 Å². The van der Waals surface area contributed by atoms with Gasteiger partial charge in [-0.25, -0.2) is 0 Å². The monoisotopic (exact) mass is 439 g/mol. The van der Waals surface area contributed by atoms with Crippen LogP contribution in [0.2, 0.25) is 0 Å². The maximum Gasteiger partial charge on any atom is 0.271 e. The summed E-state index contributed by atoms with van der Waals surface area (Å²) < 4.78 is 7.34. The molecular formula is C21H21N5O4S. The van der Waals surface area contributed by atoms with Crippen LogP contribution in [0.3, 0.4) is 0 Å². The summed E-state index contributed by atoms with van der Waals surface area (Å²) >= 11 is 1.22. The second-order valence-corrected chi connectivity index (χ2v) is 7.25. The molecule has 2 aromatic carbocycles. The molecule has 0 radical (unpaired) electrons. The number of nitrogens with zero attached hydrogens (tertiary/aromatic N) is 4. The van der Waals surface area contributed by atoms with Gasteiger partial charge in [-0.2, -0.15) is 0 Å². The highest BCUT2D eigenvalue weighted by molar-refractivity contribution is 7.99.